The van der Waals surface area contributed by atoms with E-state index in [9.17, 15) is 19.5 Å². The van der Waals surface area contributed by atoms with E-state index in [0.29, 0.717) is 11.3 Å². The normalized spacial score (nSPS) is 14.5. The van der Waals surface area contributed by atoms with Crippen molar-refractivity contribution in [3.63, 3.8) is 0 Å². The number of alkyl carbamates (subject to hydrolysis) is 1. The highest BCUT2D eigenvalue weighted by molar-refractivity contribution is 6.00. The molecule has 8 nitrogen and oxygen atoms in total. The number of phenols is 1. The number of nitrogens with zero attached hydrogens (tertiary/aromatic N) is 1. The number of anilines is 1. The van der Waals surface area contributed by atoms with Crippen LogP contribution in [-0.4, -0.2) is 45.6 Å². The fourth-order valence-corrected chi connectivity index (χ4v) is 5.38. The SMILES string of the molecule is C=Cc1cccc(C(C(=O)Nc2c(C)cccc2C)N(C(=O)C(Cc2ccc(O)cc2)NC(=O)OC(C)(C)C)C2CCC2)c1. The highest BCUT2D eigenvalue weighted by Gasteiger charge is 2.42. The summed E-state index contributed by atoms with van der Waals surface area (Å²) < 4.78 is 5.53. The third-order valence-electron chi connectivity index (χ3n) is 7.81. The molecule has 0 bridgehead atoms. The molecule has 4 rings (SSSR count). The van der Waals surface area contributed by atoms with Crippen molar-refractivity contribution in [1.29, 1.82) is 0 Å². The Morgan fingerprint density at radius 2 is 1.66 bits per heavy atom. The van der Waals surface area contributed by atoms with Gasteiger partial charge in [-0.25, -0.2) is 4.79 Å². The molecule has 0 aliphatic heterocycles. The molecular weight excluding hydrogens is 554 g/mol. The first-order valence-corrected chi connectivity index (χ1v) is 15.1. The maximum absolute atomic E-state index is 14.7. The first-order chi connectivity index (χ1) is 20.9. The average Bonchev–Trinajstić information content (AvgIpc) is 2.93. The Morgan fingerprint density at radius 3 is 2.23 bits per heavy atom. The molecule has 1 aliphatic carbocycles. The number of hydrogen-bond donors (Lipinski definition) is 3. The van der Waals surface area contributed by atoms with E-state index in [1.54, 1.807) is 43.9 Å². The molecule has 0 radical (unpaired) electrons. The molecule has 1 aliphatic rings. The summed E-state index contributed by atoms with van der Waals surface area (Å²) in [5, 5.41) is 15.7. The second kappa shape index (κ2) is 13.8. The van der Waals surface area contributed by atoms with Gasteiger partial charge < -0.3 is 25.4 Å². The Hall–Kier alpha value is -4.59. The maximum Gasteiger partial charge on any atom is 0.408 e. The van der Waals surface area contributed by atoms with Gasteiger partial charge in [-0.3, -0.25) is 9.59 Å². The molecule has 3 amide bonds. The topological polar surface area (TPSA) is 108 Å². The summed E-state index contributed by atoms with van der Waals surface area (Å²) in [6.45, 7) is 13.0. The molecule has 232 valence electrons. The van der Waals surface area contributed by atoms with Crippen LogP contribution in [0, 0.1) is 13.8 Å². The predicted octanol–water partition coefficient (Wildman–Crippen LogP) is 6.85. The number of rotatable bonds is 10. The maximum atomic E-state index is 14.7. The van der Waals surface area contributed by atoms with Crippen molar-refractivity contribution in [2.45, 2.75) is 84.0 Å². The van der Waals surface area contributed by atoms with E-state index in [2.05, 4.69) is 17.2 Å². The van der Waals surface area contributed by atoms with Crippen LogP contribution in [0.15, 0.2) is 73.3 Å². The number of nitrogens with one attached hydrogen (secondary N) is 2. The van der Waals surface area contributed by atoms with Crippen molar-refractivity contribution >= 4 is 29.7 Å². The summed E-state index contributed by atoms with van der Waals surface area (Å²) in [6.07, 6.45) is 3.51. The van der Waals surface area contributed by atoms with Gasteiger partial charge in [0.25, 0.3) is 5.91 Å². The minimum Gasteiger partial charge on any atom is -0.508 e. The van der Waals surface area contributed by atoms with Gasteiger partial charge in [-0.15, -0.1) is 0 Å². The third kappa shape index (κ3) is 8.07. The second-order valence-electron chi connectivity index (χ2n) is 12.4. The summed E-state index contributed by atoms with van der Waals surface area (Å²) in [5.74, 6) is -0.637. The quantitative estimate of drug-likeness (QED) is 0.237. The van der Waals surface area contributed by atoms with Crippen LogP contribution in [0.3, 0.4) is 0 Å². The Kier molecular flexibility index (Phi) is 10.1. The van der Waals surface area contributed by atoms with E-state index in [-0.39, 0.29) is 30.0 Å². The second-order valence-corrected chi connectivity index (χ2v) is 12.4. The summed E-state index contributed by atoms with van der Waals surface area (Å²) >= 11 is 0. The van der Waals surface area contributed by atoms with Crippen molar-refractivity contribution in [2.75, 3.05) is 5.32 Å². The van der Waals surface area contributed by atoms with Crippen LogP contribution in [0.25, 0.3) is 6.08 Å². The number of hydrogen-bond acceptors (Lipinski definition) is 5. The molecule has 3 aromatic rings. The highest BCUT2D eigenvalue weighted by atomic mass is 16.6. The lowest BCUT2D eigenvalue weighted by molar-refractivity contribution is -0.145. The van der Waals surface area contributed by atoms with E-state index < -0.39 is 23.8 Å². The number of carbonyl (C=O) groups is 3. The summed E-state index contributed by atoms with van der Waals surface area (Å²) in [4.78, 5) is 43.8. The number of benzene rings is 3. The highest BCUT2D eigenvalue weighted by Crippen LogP contribution is 2.35. The van der Waals surface area contributed by atoms with Crippen molar-refractivity contribution in [3.8, 4) is 5.75 Å². The molecule has 44 heavy (non-hydrogen) atoms. The zero-order valence-electron chi connectivity index (χ0n) is 26.2. The summed E-state index contributed by atoms with van der Waals surface area (Å²) in [6, 6.07) is 17.5. The van der Waals surface area contributed by atoms with Gasteiger partial charge in [-0.2, -0.15) is 0 Å². The van der Waals surface area contributed by atoms with Gasteiger partial charge in [-0.05, 0) is 99.9 Å². The molecule has 0 saturated heterocycles. The Balaban J connectivity index is 1.79. The Bertz CT molecular complexity index is 1480. The molecule has 0 heterocycles. The predicted molar refractivity (Wildman–Crippen MR) is 173 cm³/mol. The molecule has 3 aromatic carbocycles. The standard InChI is InChI=1S/C36H43N3O5/c1-7-25-13-9-14-27(21-25)32(33(41)38-31-23(2)11-8-12-24(31)3)39(28-15-10-16-28)34(42)30(37-35(43)44-36(4,5)6)22-26-17-19-29(40)20-18-26/h7-9,11-14,17-21,28,30,32,40H,1,10,15-16,22H2,2-6H3,(H,37,43)(H,38,41). The zero-order valence-corrected chi connectivity index (χ0v) is 26.2. The fourth-order valence-electron chi connectivity index (χ4n) is 5.38. The molecule has 1 saturated carbocycles. The van der Waals surface area contributed by atoms with Crippen LogP contribution < -0.4 is 10.6 Å². The van der Waals surface area contributed by atoms with Gasteiger partial charge in [0.15, 0.2) is 0 Å². The summed E-state index contributed by atoms with van der Waals surface area (Å²) in [7, 11) is 0. The fraction of sp³-hybridized carbons (Fsp3) is 0.361. The monoisotopic (exact) mass is 597 g/mol. The lowest BCUT2D eigenvalue weighted by Crippen LogP contribution is -2.57. The molecule has 3 N–H and O–H groups in total. The van der Waals surface area contributed by atoms with Crippen LogP contribution >= 0.6 is 0 Å². The van der Waals surface area contributed by atoms with Gasteiger partial charge in [0.05, 0.1) is 0 Å². The van der Waals surface area contributed by atoms with Gasteiger partial charge in [0, 0.05) is 18.2 Å². The van der Waals surface area contributed by atoms with E-state index in [1.807, 2.05) is 56.3 Å². The number of carbonyl (C=O) groups excluding carboxylic acids is 3. The number of phenolic OH excluding ortho intramolecular Hbond substituents is 1. The van der Waals surface area contributed by atoms with E-state index in [0.717, 1.165) is 41.5 Å². The molecule has 1 fully saturated rings. The van der Waals surface area contributed by atoms with Crippen LogP contribution in [0.2, 0.25) is 0 Å². The van der Waals surface area contributed by atoms with Crippen molar-refractivity contribution < 1.29 is 24.2 Å². The third-order valence-corrected chi connectivity index (χ3v) is 7.81. The first-order valence-electron chi connectivity index (χ1n) is 15.1. The lowest BCUT2D eigenvalue weighted by atomic mass is 9.87. The minimum absolute atomic E-state index is 0.0955. The van der Waals surface area contributed by atoms with Crippen LogP contribution in [0.5, 0.6) is 5.75 Å². The van der Waals surface area contributed by atoms with Crippen molar-refractivity contribution in [2.24, 2.45) is 0 Å². The molecular formula is C36H43N3O5. The van der Waals surface area contributed by atoms with E-state index >= 15 is 0 Å². The number of aryl methyl sites for hydroxylation is 2. The number of ether oxygens (including phenoxy) is 1. The average molecular weight is 598 g/mol. The van der Waals surface area contributed by atoms with Gasteiger partial charge in [0.2, 0.25) is 5.91 Å². The minimum atomic E-state index is -1.03. The smallest absolute Gasteiger partial charge is 0.408 e. The van der Waals surface area contributed by atoms with Crippen molar-refractivity contribution in [1.82, 2.24) is 10.2 Å². The number of aromatic hydroxyl groups is 1. The van der Waals surface area contributed by atoms with Crippen LogP contribution in [-0.2, 0) is 20.7 Å². The molecule has 0 spiro atoms. The molecule has 2 unspecified atom stereocenters. The van der Waals surface area contributed by atoms with Gasteiger partial charge in [-0.1, -0.05) is 61.2 Å². The van der Waals surface area contributed by atoms with Gasteiger partial charge in [0.1, 0.15) is 23.4 Å². The number of amides is 3. The Morgan fingerprint density at radius 1 is 1.02 bits per heavy atom. The Labute approximate surface area is 260 Å². The first kappa shape index (κ1) is 32.3. The van der Waals surface area contributed by atoms with Crippen molar-refractivity contribution in [3.05, 3.63) is 101 Å². The lowest BCUT2D eigenvalue weighted by Gasteiger charge is -2.43. The zero-order chi connectivity index (χ0) is 32.0. The molecule has 0 aromatic heterocycles. The number of para-hydroxylation sites is 1. The molecule has 2 atom stereocenters. The van der Waals surface area contributed by atoms with E-state index in [4.69, 9.17) is 4.74 Å². The molecule has 8 heteroatoms. The van der Waals surface area contributed by atoms with Crippen LogP contribution in [0.1, 0.15) is 73.9 Å². The van der Waals surface area contributed by atoms with Crippen LogP contribution in [0.4, 0.5) is 10.5 Å². The van der Waals surface area contributed by atoms with Gasteiger partial charge >= 0.3 is 6.09 Å². The van der Waals surface area contributed by atoms with E-state index in [1.165, 1.54) is 12.1 Å². The largest absolute Gasteiger partial charge is 0.508 e. The summed E-state index contributed by atoms with van der Waals surface area (Å²) in [5.41, 5.74) is 3.95.